The molecule has 0 amide bonds. The third-order valence-electron chi connectivity index (χ3n) is 4.13. The van der Waals surface area contributed by atoms with Crippen molar-refractivity contribution in [2.75, 3.05) is 0 Å². The van der Waals surface area contributed by atoms with E-state index in [1.165, 1.54) is 12.5 Å². The van der Waals surface area contributed by atoms with Crippen molar-refractivity contribution >= 4 is 5.97 Å². The van der Waals surface area contributed by atoms with Gasteiger partial charge >= 0.3 is 5.97 Å². The van der Waals surface area contributed by atoms with Crippen molar-refractivity contribution in [1.82, 2.24) is 0 Å². The van der Waals surface area contributed by atoms with Crippen molar-refractivity contribution in [3.05, 3.63) is 11.6 Å². The summed E-state index contributed by atoms with van der Waals surface area (Å²) in [6.45, 7) is 10.7. The van der Waals surface area contributed by atoms with Gasteiger partial charge in [0.25, 0.3) is 0 Å². The Labute approximate surface area is 122 Å². The molecule has 1 saturated carbocycles. The number of esters is 1. The van der Waals surface area contributed by atoms with Crippen LogP contribution in [-0.2, 0) is 9.53 Å². The number of halogens is 1. The Morgan fingerprint density at radius 3 is 2.05 bits per heavy atom. The van der Waals surface area contributed by atoms with Gasteiger partial charge in [-0.3, -0.25) is 0 Å². The lowest BCUT2D eigenvalue weighted by atomic mass is 9.76. The zero-order chi connectivity index (χ0) is 15.6. The van der Waals surface area contributed by atoms with Gasteiger partial charge in [0.15, 0.2) is 0 Å². The predicted molar refractivity (Wildman–Crippen MR) is 80.3 cm³/mol. The number of ether oxygens (including phenoxy) is 1. The highest BCUT2D eigenvalue weighted by molar-refractivity contribution is 5.83. The fourth-order valence-corrected chi connectivity index (χ4v) is 2.68. The largest absolute Gasteiger partial charge is 0.457 e. The van der Waals surface area contributed by atoms with E-state index in [1.54, 1.807) is 34.6 Å². The van der Waals surface area contributed by atoms with Gasteiger partial charge in [-0.2, -0.15) is 0 Å². The molecule has 0 saturated heterocycles. The van der Waals surface area contributed by atoms with Gasteiger partial charge in [0.2, 0.25) is 5.67 Å². The molecule has 0 aromatic heterocycles. The molecule has 20 heavy (non-hydrogen) atoms. The van der Waals surface area contributed by atoms with Crippen LogP contribution in [0.2, 0.25) is 0 Å². The van der Waals surface area contributed by atoms with Gasteiger partial charge in [-0.1, -0.05) is 32.8 Å². The molecule has 1 rings (SSSR count). The SMILES string of the molecule is CC(C)=CC(F)(C(=O)OC1(C)CCCCC1)C(C)(C)C. The van der Waals surface area contributed by atoms with E-state index in [4.69, 9.17) is 4.74 Å². The minimum absolute atomic E-state index is 0.507. The molecular formula is C17H29FO2. The quantitative estimate of drug-likeness (QED) is 0.540. The van der Waals surface area contributed by atoms with Crippen LogP contribution in [-0.4, -0.2) is 17.2 Å². The van der Waals surface area contributed by atoms with Crippen molar-refractivity contribution in [3.63, 3.8) is 0 Å². The Balaban J connectivity index is 2.98. The third-order valence-corrected chi connectivity index (χ3v) is 4.13. The first-order chi connectivity index (χ1) is 9.00. The highest BCUT2D eigenvalue weighted by atomic mass is 19.1. The Kier molecular flexibility index (Phi) is 5.04. The normalized spacial score (nSPS) is 21.8. The van der Waals surface area contributed by atoms with Gasteiger partial charge in [-0.05, 0) is 52.5 Å². The summed E-state index contributed by atoms with van der Waals surface area (Å²) < 4.78 is 20.9. The first-order valence-electron chi connectivity index (χ1n) is 7.59. The number of allylic oxidation sites excluding steroid dienone is 1. The molecule has 1 unspecified atom stereocenters. The second kappa shape index (κ2) is 5.87. The maximum Gasteiger partial charge on any atom is 0.349 e. The molecule has 1 atom stereocenters. The summed E-state index contributed by atoms with van der Waals surface area (Å²) in [6, 6.07) is 0. The van der Waals surface area contributed by atoms with Gasteiger partial charge in [-0.15, -0.1) is 0 Å². The minimum Gasteiger partial charge on any atom is -0.457 e. The maximum atomic E-state index is 15.3. The summed E-state index contributed by atoms with van der Waals surface area (Å²) in [7, 11) is 0. The minimum atomic E-state index is -2.08. The molecule has 0 aliphatic heterocycles. The number of alkyl halides is 1. The van der Waals surface area contributed by atoms with Crippen molar-refractivity contribution < 1.29 is 13.9 Å². The lowest BCUT2D eigenvalue weighted by molar-refractivity contribution is -0.178. The van der Waals surface area contributed by atoms with E-state index in [-0.39, 0.29) is 0 Å². The van der Waals surface area contributed by atoms with Crippen LogP contribution in [0.4, 0.5) is 4.39 Å². The first-order valence-corrected chi connectivity index (χ1v) is 7.59. The van der Waals surface area contributed by atoms with Crippen LogP contribution < -0.4 is 0 Å². The first kappa shape index (κ1) is 17.2. The van der Waals surface area contributed by atoms with Crippen LogP contribution in [0.1, 0.15) is 73.6 Å². The van der Waals surface area contributed by atoms with Gasteiger partial charge in [0.1, 0.15) is 5.60 Å². The highest BCUT2D eigenvalue weighted by Crippen LogP contribution is 2.40. The van der Waals surface area contributed by atoms with Crippen LogP contribution in [0.25, 0.3) is 0 Å². The van der Waals surface area contributed by atoms with Crippen LogP contribution in [0.15, 0.2) is 11.6 Å². The summed E-state index contributed by atoms with van der Waals surface area (Å²) >= 11 is 0. The van der Waals surface area contributed by atoms with E-state index in [0.717, 1.165) is 31.3 Å². The van der Waals surface area contributed by atoms with E-state index in [9.17, 15) is 4.79 Å². The number of carbonyl (C=O) groups is 1. The van der Waals surface area contributed by atoms with Crippen LogP contribution >= 0.6 is 0 Å². The topological polar surface area (TPSA) is 26.3 Å². The van der Waals surface area contributed by atoms with E-state index in [1.807, 2.05) is 6.92 Å². The van der Waals surface area contributed by atoms with Crippen LogP contribution in [0.5, 0.6) is 0 Å². The number of hydrogen-bond acceptors (Lipinski definition) is 2. The lowest BCUT2D eigenvalue weighted by Crippen LogP contribution is -2.49. The number of hydrogen-bond donors (Lipinski definition) is 0. The fraction of sp³-hybridized carbons (Fsp3) is 0.824. The van der Waals surface area contributed by atoms with E-state index in [0.29, 0.717) is 0 Å². The Hall–Kier alpha value is -0.860. The third kappa shape index (κ3) is 3.83. The molecule has 1 fully saturated rings. The molecule has 0 N–H and O–H groups in total. The second-order valence-corrected chi connectivity index (χ2v) is 7.58. The lowest BCUT2D eigenvalue weighted by Gasteiger charge is -2.39. The summed E-state index contributed by atoms with van der Waals surface area (Å²) in [6.07, 6.45) is 6.31. The van der Waals surface area contributed by atoms with Gasteiger partial charge < -0.3 is 4.74 Å². The van der Waals surface area contributed by atoms with Gasteiger partial charge in [0, 0.05) is 5.41 Å². The average Bonchev–Trinajstić information content (AvgIpc) is 2.26. The van der Waals surface area contributed by atoms with Gasteiger partial charge in [0.05, 0.1) is 0 Å². The summed E-state index contributed by atoms with van der Waals surface area (Å²) in [4.78, 5) is 12.5. The zero-order valence-electron chi connectivity index (χ0n) is 13.8. The summed E-state index contributed by atoms with van der Waals surface area (Å²) in [5.74, 6) is -0.740. The molecule has 3 heteroatoms. The molecule has 116 valence electrons. The monoisotopic (exact) mass is 284 g/mol. The molecule has 0 heterocycles. The average molecular weight is 284 g/mol. The molecule has 0 spiro atoms. The smallest absolute Gasteiger partial charge is 0.349 e. The molecule has 0 radical (unpaired) electrons. The van der Waals surface area contributed by atoms with Crippen LogP contribution in [0, 0.1) is 5.41 Å². The van der Waals surface area contributed by atoms with Crippen LogP contribution in [0.3, 0.4) is 0 Å². The van der Waals surface area contributed by atoms with Crippen molar-refractivity contribution in [2.45, 2.75) is 84.9 Å². The molecule has 1 aliphatic rings. The molecule has 0 aromatic carbocycles. The molecule has 1 aliphatic carbocycles. The molecule has 0 bridgehead atoms. The van der Waals surface area contributed by atoms with Crippen molar-refractivity contribution in [2.24, 2.45) is 5.41 Å². The Morgan fingerprint density at radius 1 is 1.15 bits per heavy atom. The van der Waals surface area contributed by atoms with Crippen molar-refractivity contribution in [1.29, 1.82) is 0 Å². The molecule has 0 aromatic rings. The Bertz CT molecular complexity index is 382. The number of rotatable bonds is 3. The van der Waals surface area contributed by atoms with E-state index >= 15 is 4.39 Å². The summed E-state index contributed by atoms with van der Waals surface area (Å²) in [5, 5.41) is 0. The summed E-state index contributed by atoms with van der Waals surface area (Å²) in [5.41, 5.74) is -2.63. The maximum absolute atomic E-state index is 15.3. The molecule has 2 nitrogen and oxygen atoms in total. The van der Waals surface area contributed by atoms with Crippen molar-refractivity contribution in [3.8, 4) is 0 Å². The standard InChI is InChI=1S/C17H29FO2/c1-13(2)12-17(18,15(3,4)5)14(19)20-16(6)10-8-7-9-11-16/h12H,7-11H2,1-6H3. The predicted octanol–water partition coefficient (Wildman–Crippen LogP) is 4.97. The highest BCUT2D eigenvalue weighted by Gasteiger charge is 2.51. The Morgan fingerprint density at radius 2 is 1.65 bits per heavy atom. The molecular weight excluding hydrogens is 255 g/mol. The van der Waals surface area contributed by atoms with E-state index < -0.39 is 22.7 Å². The fourth-order valence-electron chi connectivity index (χ4n) is 2.68. The van der Waals surface area contributed by atoms with Gasteiger partial charge in [-0.25, -0.2) is 9.18 Å². The zero-order valence-corrected chi connectivity index (χ0v) is 13.8. The number of carbonyl (C=O) groups excluding carboxylic acids is 1. The second-order valence-electron chi connectivity index (χ2n) is 7.58. The van der Waals surface area contributed by atoms with E-state index in [2.05, 4.69) is 0 Å².